The number of ether oxygens (including phenoxy) is 1. The smallest absolute Gasteiger partial charge is 0.410 e. The van der Waals surface area contributed by atoms with Crippen LogP contribution >= 0.6 is 0 Å². The molecule has 0 aromatic heterocycles. The highest BCUT2D eigenvalue weighted by Crippen LogP contribution is 2.25. The lowest BCUT2D eigenvalue weighted by molar-refractivity contribution is 0.0161. The van der Waals surface area contributed by atoms with E-state index >= 15 is 0 Å². The number of amides is 1. The molecule has 0 bridgehead atoms. The summed E-state index contributed by atoms with van der Waals surface area (Å²) in [5.74, 6) is 1.49. The second-order valence-electron chi connectivity index (χ2n) is 7.28. The first-order chi connectivity index (χ1) is 9.97. The fourth-order valence-electron chi connectivity index (χ4n) is 3.48. The lowest BCUT2D eigenvalue weighted by Gasteiger charge is -2.37. The average Bonchev–Trinajstić information content (AvgIpc) is 2.47. The highest BCUT2D eigenvalue weighted by atomic mass is 16.6. The summed E-state index contributed by atoms with van der Waals surface area (Å²) in [6.45, 7) is 12.8. The van der Waals surface area contributed by atoms with Crippen molar-refractivity contribution in [2.75, 3.05) is 26.2 Å². The largest absolute Gasteiger partial charge is 0.446 e. The summed E-state index contributed by atoms with van der Waals surface area (Å²) in [5, 5.41) is 0. The zero-order valence-electron chi connectivity index (χ0n) is 14.2. The Kier molecular flexibility index (Phi) is 5.91. The van der Waals surface area contributed by atoms with Crippen molar-refractivity contribution in [3.63, 3.8) is 0 Å². The van der Waals surface area contributed by atoms with Crippen molar-refractivity contribution in [1.82, 2.24) is 9.80 Å². The van der Waals surface area contributed by atoms with Gasteiger partial charge in [-0.2, -0.15) is 0 Å². The van der Waals surface area contributed by atoms with Crippen molar-refractivity contribution in [1.29, 1.82) is 0 Å². The molecule has 4 nitrogen and oxygen atoms in total. The lowest BCUT2D eigenvalue weighted by Crippen LogP contribution is -2.45. The molecule has 4 heteroatoms. The topological polar surface area (TPSA) is 32.8 Å². The van der Waals surface area contributed by atoms with E-state index in [0.29, 0.717) is 6.04 Å². The van der Waals surface area contributed by atoms with Crippen LogP contribution in [-0.2, 0) is 4.74 Å². The van der Waals surface area contributed by atoms with E-state index in [2.05, 4.69) is 32.6 Å². The quantitative estimate of drug-likeness (QED) is 0.800. The predicted octanol–water partition coefficient (Wildman–Crippen LogP) is 3.36. The van der Waals surface area contributed by atoms with E-state index in [1.165, 1.54) is 0 Å². The minimum absolute atomic E-state index is 0.0831. The first kappa shape index (κ1) is 16.6. The second kappa shape index (κ2) is 7.48. The van der Waals surface area contributed by atoms with Gasteiger partial charge < -0.3 is 14.5 Å². The summed E-state index contributed by atoms with van der Waals surface area (Å²) >= 11 is 0. The van der Waals surface area contributed by atoms with Crippen LogP contribution in [0.15, 0.2) is 0 Å². The Hall–Kier alpha value is -0.770. The van der Waals surface area contributed by atoms with E-state index in [4.69, 9.17) is 4.74 Å². The molecule has 122 valence electrons. The highest BCUT2D eigenvalue weighted by Gasteiger charge is 2.28. The standard InChI is InChI=1S/C17H32N2O2/c1-13(2)15-5-9-19(10-6-15)17(20)21-16-7-11-18(12-8-16)14(3)4/h13-16H,5-12H2,1-4H3. The van der Waals surface area contributed by atoms with Crippen LogP contribution in [0.2, 0.25) is 0 Å². The molecular formula is C17H32N2O2. The van der Waals surface area contributed by atoms with Crippen LogP contribution in [0.1, 0.15) is 53.4 Å². The molecule has 21 heavy (non-hydrogen) atoms. The molecule has 1 amide bonds. The second-order valence-corrected chi connectivity index (χ2v) is 7.28. The monoisotopic (exact) mass is 296 g/mol. The summed E-state index contributed by atoms with van der Waals surface area (Å²) in [5.41, 5.74) is 0. The number of rotatable bonds is 3. The maximum atomic E-state index is 12.2. The average molecular weight is 296 g/mol. The normalized spacial score (nSPS) is 23.0. The van der Waals surface area contributed by atoms with Gasteiger partial charge in [0, 0.05) is 32.2 Å². The van der Waals surface area contributed by atoms with Gasteiger partial charge >= 0.3 is 6.09 Å². The number of nitrogens with zero attached hydrogens (tertiary/aromatic N) is 2. The fraction of sp³-hybridized carbons (Fsp3) is 0.941. The van der Waals surface area contributed by atoms with Crippen molar-refractivity contribution in [2.24, 2.45) is 11.8 Å². The van der Waals surface area contributed by atoms with E-state index in [1.807, 2.05) is 4.90 Å². The van der Waals surface area contributed by atoms with Gasteiger partial charge in [0.25, 0.3) is 0 Å². The number of hydrogen-bond donors (Lipinski definition) is 0. The molecule has 0 unspecified atom stereocenters. The third kappa shape index (κ3) is 4.60. The molecule has 0 radical (unpaired) electrons. The molecule has 2 fully saturated rings. The van der Waals surface area contributed by atoms with Gasteiger partial charge in [-0.05, 0) is 51.4 Å². The van der Waals surface area contributed by atoms with Crippen LogP contribution < -0.4 is 0 Å². The first-order valence-electron chi connectivity index (χ1n) is 8.67. The molecule has 0 aromatic rings. The number of piperidine rings is 2. The molecule has 0 spiro atoms. The van der Waals surface area contributed by atoms with Gasteiger partial charge in [-0.15, -0.1) is 0 Å². The van der Waals surface area contributed by atoms with E-state index in [-0.39, 0.29) is 12.2 Å². The van der Waals surface area contributed by atoms with Gasteiger partial charge in [0.1, 0.15) is 6.10 Å². The zero-order valence-corrected chi connectivity index (χ0v) is 14.2. The van der Waals surface area contributed by atoms with Crippen LogP contribution in [0.5, 0.6) is 0 Å². The van der Waals surface area contributed by atoms with Gasteiger partial charge in [-0.1, -0.05) is 13.8 Å². The van der Waals surface area contributed by atoms with Crippen molar-refractivity contribution in [3.05, 3.63) is 0 Å². The zero-order chi connectivity index (χ0) is 15.4. The van der Waals surface area contributed by atoms with Crippen LogP contribution in [0.25, 0.3) is 0 Å². The minimum Gasteiger partial charge on any atom is -0.446 e. The Balaban J connectivity index is 1.71. The maximum Gasteiger partial charge on any atom is 0.410 e. The molecule has 0 saturated carbocycles. The molecule has 0 aliphatic carbocycles. The highest BCUT2D eigenvalue weighted by molar-refractivity contribution is 5.67. The van der Waals surface area contributed by atoms with Crippen molar-refractivity contribution in [3.8, 4) is 0 Å². The van der Waals surface area contributed by atoms with Gasteiger partial charge in [-0.3, -0.25) is 0 Å². The molecule has 0 N–H and O–H groups in total. The fourth-order valence-corrected chi connectivity index (χ4v) is 3.48. The third-order valence-electron chi connectivity index (χ3n) is 5.21. The predicted molar refractivity (Wildman–Crippen MR) is 85.3 cm³/mol. The van der Waals surface area contributed by atoms with E-state index in [0.717, 1.165) is 63.7 Å². The number of carbonyl (C=O) groups excluding carboxylic acids is 1. The van der Waals surface area contributed by atoms with E-state index < -0.39 is 0 Å². The molecule has 2 aliphatic heterocycles. The Morgan fingerprint density at radius 3 is 2.00 bits per heavy atom. The summed E-state index contributed by atoms with van der Waals surface area (Å²) in [4.78, 5) is 16.6. The van der Waals surface area contributed by atoms with Crippen molar-refractivity contribution >= 4 is 6.09 Å². The molecule has 2 saturated heterocycles. The van der Waals surface area contributed by atoms with E-state index in [9.17, 15) is 4.79 Å². The summed E-state index contributed by atoms with van der Waals surface area (Å²) < 4.78 is 5.71. The third-order valence-corrected chi connectivity index (χ3v) is 5.21. The van der Waals surface area contributed by atoms with Crippen molar-refractivity contribution in [2.45, 2.75) is 65.5 Å². The van der Waals surface area contributed by atoms with Crippen LogP contribution in [0.4, 0.5) is 4.79 Å². The Labute approximate surface area is 129 Å². The molecule has 0 atom stereocenters. The number of hydrogen-bond acceptors (Lipinski definition) is 3. The molecule has 0 aromatic carbocycles. The van der Waals surface area contributed by atoms with Gasteiger partial charge in [-0.25, -0.2) is 4.79 Å². The summed E-state index contributed by atoms with van der Waals surface area (Å²) in [6.07, 6.45) is 4.24. The van der Waals surface area contributed by atoms with Gasteiger partial charge in [0.05, 0.1) is 0 Å². The number of likely N-dealkylation sites (tertiary alicyclic amines) is 2. The SMILES string of the molecule is CC(C)C1CCN(C(=O)OC2CCN(C(C)C)CC2)CC1. The Bertz CT molecular complexity index is 328. The first-order valence-corrected chi connectivity index (χ1v) is 8.67. The molecule has 2 aliphatic rings. The summed E-state index contributed by atoms with van der Waals surface area (Å²) in [7, 11) is 0. The summed E-state index contributed by atoms with van der Waals surface area (Å²) in [6, 6.07) is 0.594. The molecule has 2 heterocycles. The molecular weight excluding hydrogens is 264 g/mol. The van der Waals surface area contributed by atoms with Crippen LogP contribution in [0, 0.1) is 11.8 Å². The maximum absolute atomic E-state index is 12.2. The van der Waals surface area contributed by atoms with Crippen LogP contribution in [0.3, 0.4) is 0 Å². The van der Waals surface area contributed by atoms with Gasteiger partial charge in [0.15, 0.2) is 0 Å². The van der Waals surface area contributed by atoms with E-state index in [1.54, 1.807) is 0 Å². The molecule has 2 rings (SSSR count). The lowest BCUT2D eigenvalue weighted by atomic mass is 9.87. The van der Waals surface area contributed by atoms with Gasteiger partial charge in [0.2, 0.25) is 0 Å². The number of carbonyl (C=O) groups is 1. The minimum atomic E-state index is -0.0831. The van der Waals surface area contributed by atoms with Crippen LogP contribution in [-0.4, -0.2) is 54.2 Å². The van der Waals surface area contributed by atoms with Crippen molar-refractivity contribution < 1.29 is 9.53 Å². The Morgan fingerprint density at radius 1 is 0.952 bits per heavy atom. The Morgan fingerprint density at radius 2 is 1.52 bits per heavy atom.